The Morgan fingerprint density at radius 2 is 1.87 bits per heavy atom. The fraction of sp³-hybridized carbons (Fsp3) is 0.571. The number of aromatic nitrogens is 1. The van der Waals surface area contributed by atoms with Crippen LogP contribution in [0.15, 0.2) is 29.8 Å². The topological polar surface area (TPSA) is 124 Å². The Labute approximate surface area is 229 Å². The van der Waals surface area contributed by atoms with E-state index in [-0.39, 0.29) is 36.7 Å². The van der Waals surface area contributed by atoms with Crippen molar-refractivity contribution in [3.63, 3.8) is 0 Å². The highest BCUT2D eigenvalue weighted by Gasteiger charge is 2.44. The van der Waals surface area contributed by atoms with E-state index in [0.29, 0.717) is 19.4 Å². The number of aliphatic hydroxyl groups is 1. The van der Waals surface area contributed by atoms with E-state index in [0.717, 1.165) is 21.7 Å². The molecule has 1 aromatic heterocycles. The molecule has 4 N–H and O–H groups in total. The number of aryl methyl sites for hydroxylation is 1. The van der Waals surface area contributed by atoms with Gasteiger partial charge in [0, 0.05) is 19.4 Å². The van der Waals surface area contributed by atoms with Crippen molar-refractivity contribution in [3.05, 3.63) is 41.0 Å². The SMILES string of the molecule is CNCCCC(=O)N[C@H](C(=O)N1C[C@H](O)C[C@H]1C(=O)N[C@@H](C)c1ccc(-c2scnc2C)cc1)C(C)(C)C. The number of nitrogens with zero attached hydrogens (tertiary/aromatic N) is 2. The van der Waals surface area contributed by atoms with Crippen LogP contribution in [0.2, 0.25) is 0 Å². The molecule has 0 radical (unpaired) electrons. The van der Waals surface area contributed by atoms with Crippen molar-refractivity contribution in [1.29, 1.82) is 0 Å². The Bertz CT molecular complexity index is 1110. The highest BCUT2D eigenvalue weighted by atomic mass is 32.1. The molecule has 3 amide bonds. The van der Waals surface area contributed by atoms with E-state index in [1.54, 1.807) is 11.3 Å². The number of β-amino-alcohol motifs (C(OH)–C–C–N with tert-alkyl or cyclic N) is 1. The van der Waals surface area contributed by atoms with Crippen LogP contribution >= 0.6 is 11.3 Å². The van der Waals surface area contributed by atoms with Crippen molar-refractivity contribution in [3.8, 4) is 10.4 Å². The fourth-order valence-electron chi connectivity index (χ4n) is 4.67. The highest BCUT2D eigenvalue weighted by molar-refractivity contribution is 7.13. The fourth-order valence-corrected chi connectivity index (χ4v) is 5.49. The van der Waals surface area contributed by atoms with Crippen LogP contribution < -0.4 is 16.0 Å². The van der Waals surface area contributed by atoms with Gasteiger partial charge in [0.05, 0.1) is 28.2 Å². The predicted octanol–water partition coefficient (Wildman–Crippen LogP) is 2.79. The molecule has 1 fully saturated rings. The molecular formula is C28H41N5O4S. The Hall–Kier alpha value is -2.82. The number of hydrogen-bond acceptors (Lipinski definition) is 7. The number of carbonyl (C=O) groups excluding carboxylic acids is 3. The molecule has 0 bridgehead atoms. The van der Waals surface area contributed by atoms with Gasteiger partial charge in [0.25, 0.3) is 0 Å². The molecule has 0 saturated carbocycles. The van der Waals surface area contributed by atoms with E-state index in [4.69, 9.17) is 0 Å². The number of rotatable bonds is 10. The van der Waals surface area contributed by atoms with Crippen molar-refractivity contribution < 1.29 is 19.5 Å². The zero-order chi connectivity index (χ0) is 28.0. The van der Waals surface area contributed by atoms with E-state index in [2.05, 4.69) is 20.9 Å². The van der Waals surface area contributed by atoms with Gasteiger partial charge >= 0.3 is 0 Å². The minimum Gasteiger partial charge on any atom is -0.391 e. The largest absolute Gasteiger partial charge is 0.391 e. The minimum atomic E-state index is -0.815. The van der Waals surface area contributed by atoms with E-state index < -0.39 is 23.6 Å². The van der Waals surface area contributed by atoms with Crippen LogP contribution in [0.1, 0.15) is 64.3 Å². The van der Waals surface area contributed by atoms with Gasteiger partial charge in [-0.1, -0.05) is 45.0 Å². The van der Waals surface area contributed by atoms with Gasteiger partial charge in [-0.25, -0.2) is 4.98 Å². The number of carbonyl (C=O) groups is 3. The second-order valence-corrected chi connectivity index (χ2v) is 11.9. The summed E-state index contributed by atoms with van der Waals surface area (Å²) in [6.07, 6.45) is 0.301. The summed E-state index contributed by atoms with van der Waals surface area (Å²) in [6.45, 7) is 10.3. The average molecular weight is 544 g/mol. The zero-order valence-electron chi connectivity index (χ0n) is 23.2. The first-order valence-corrected chi connectivity index (χ1v) is 14.0. The first kappa shape index (κ1) is 29.7. The van der Waals surface area contributed by atoms with Gasteiger partial charge in [0.1, 0.15) is 12.1 Å². The molecule has 3 rings (SSSR count). The summed E-state index contributed by atoms with van der Waals surface area (Å²) in [5, 5.41) is 19.3. The number of amides is 3. The molecule has 0 unspecified atom stereocenters. The van der Waals surface area contributed by atoms with Gasteiger partial charge in [-0.3, -0.25) is 14.4 Å². The molecule has 208 valence electrons. The van der Waals surface area contributed by atoms with Crippen LogP contribution in [0, 0.1) is 12.3 Å². The second-order valence-electron chi connectivity index (χ2n) is 11.1. The Balaban J connectivity index is 1.69. The number of benzene rings is 1. The minimum absolute atomic E-state index is 0.0520. The summed E-state index contributed by atoms with van der Waals surface area (Å²) in [4.78, 5) is 46.4. The maximum absolute atomic E-state index is 13.7. The standard InChI is InChI=1S/C28H41N5O4S/c1-17(19-9-11-20(12-10-19)24-18(2)30-16-38-24)31-26(36)22-14-21(34)15-33(22)27(37)25(28(3,4)5)32-23(35)8-7-13-29-6/h9-12,16-17,21-22,25,29,34H,7-8,13-15H2,1-6H3,(H,31,36)(H,32,35)/t17-,21+,22-,25+/m0/s1. The lowest BCUT2D eigenvalue weighted by Crippen LogP contribution is -2.57. The molecule has 2 heterocycles. The second kappa shape index (κ2) is 12.8. The third-order valence-corrected chi connectivity index (χ3v) is 7.87. The van der Waals surface area contributed by atoms with Crippen LogP contribution in [-0.2, 0) is 14.4 Å². The number of thiazole rings is 1. The van der Waals surface area contributed by atoms with Gasteiger partial charge in [-0.2, -0.15) is 0 Å². The summed E-state index contributed by atoms with van der Waals surface area (Å²) in [5.74, 6) is -0.884. The number of aliphatic hydroxyl groups excluding tert-OH is 1. The summed E-state index contributed by atoms with van der Waals surface area (Å²) in [7, 11) is 1.82. The van der Waals surface area contributed by atoms with E-state index in [1.165, 1.54) is 4.90 Å². The summed E-state index contributed by atoms with van der Waals surface area (Å²) >= 11 is 1.59. The molecule has 0 aliphatic carbocycles. The molecule has 9 nitrogen and oxygen atoms in total. The van der Waals surface area contributed by atoms with Gasteiger partial charge in [-0.05, 0) is 50.4 Å². The first-order valence-electron chi connectivity index (χ1n) is 13.2. The zero-order valence-corrected chi connectivity index (χ0v) is 24.0. The normalized spacial score (nSPS) is 19.2. The molecule has 0 spiro atoms. The molecule has 1 saturated heterocycles. The van der Waals surface area contributed by atoms with Crippen LogP contribution in [0.25, 0.3) is 10.4 Å². The van der Waals surface area contributed by atoms with Crippen LogP contribution in [0.5, 0.6) is 0 Å². The number of nitrogens with one attached hydrogen (secondary N) is 3. The van der Waals surface area contributed by atoms with Crippen molar-refractivity contribution in [2.75, 3.05) is 20.1 Å². The van der Waals surface area contributed by atoms with E-state index in [9.17, 15) is 19.5 Å². The van der Waals surface area contributed by atoms with Crippen LogP contribution in [0.3, 0.4) is 0 Å². The molecular weight excluding hydrogens is 502 g/mol. The van der Waals surface area contributed by atoms with Crippen LogP contribution in [-0.4, -0.2) is 71.0 Å². The maximum Gasteiger partial charge on any atom is 0.246 e. The molecule has 4 atom stereocenters. The molecule has 1 aliphatic rings. The third kappa shape index (κ3) is 7.39. The lowest BCUT2D eigenvalue weighted by atomic mass is 9.85. The Morgan fingerprint density at radius 1 is 1.18 bits per heavy atom. The lowest BCUT2D eigenvalue weighted by Gasteiger charge is -2.35. The van der Waals surface area contributed by atoms with E-state index in [1.807, 2.05) is 71.4 Å². The predicted molar refractivity (Wildman–Crippen MR) is 150 cm³/mol. The molecule has 10 heteroatoms. The molecule has 2 aromatic rings. The number of hydrogen-bond donors (Lipinski definition) is 4. The molecule has 38 heavy (non-hydrogen) atoms. The monoisotopic (exact) mass is 543 g/mol. The first-order chi connectivity index (χ1) is 17.9. The van der Waals surface area contributed by atoms with Crippen molar-refractivity contribution in [1.82, 2.24) is 25.8 Å². The molecule has 1 aromatic carbocycles. The quantitative estimate of drug-likeness (QED) is 0.342. The summed E-state index contributed by atoms with van der Waals surface area (Å²) in [6, 6.07) is 6.06. The van der Waals surface area contributed by atoms with Gasteiger partial charge in [-0.15, -0.1) is 11.3 Å². The smallest absolute Gasteiger partial charge is 0.246 e. The van der Waals surface area contributed by atoms with Crippen molar-refractivity contribution in [2.45, 2.75) is 78.1 Å². The highest BCUT2D eigenvalue weighted by Crippen LogP contribution is 2.29. The summed E-state index contributed by atoms with van der Waals surface area (Å²) in [5.41, 5.74) is 4.24. The Morgan fingerprint density at radius 3 is 2.45 bits per heavy atom. The van der Waals surface area contributed by atoms with Gasteiger partial charge in [0.2, 0.25) is 17.7 Å². The van der Waals surface area contributed by atoms with Gasteiger partial charge in [0.15, 0.2) is 0 Å². The lowest BCUT2D eigenvalue weighted by molar-refractivity contribution is -0.144. The van der Waals surface area contributed by atoms with Crippen molar-refractivity contribution in [2.24, 2.45) is 5.41 Å². The van der Waals surface area contributed by atoms with Gasteiger partial charge < -0.3 is 26.0 Å². The van der Waals surface area contributed by atoms with Crippen molar-refractivity contribution >= 4 is 29.1 Å². The van der Waals surface area contributed by atoms with Crippen LogP contribution in [0.4, 0.5) is 0 Å². The Kier molecular flexibility index (Phi) is 10.0. The third-order valence-electron chi connectivity index (χ3n) is 6.89. The maximum atomic E-state index is 13.7. The number of likely N-dealkylation sites (tertiary alicyclic amines) is 1. The average Bonchev–Trinajstić information content (AvgIpc) is 3.47. The summed E-state index contributed by atoms with van der Waals surface area (Å²) < 4.78 is 0. The molecule has 1 aliphatic heterocycles. The van der Waals surface area contributed by atoms with E-state index >= 15 is 0 Å².